The highest BCUT2D eigenvalue weighted by atomic mass is 79.9. The van der Waals surface area contributed by atoms with Crippen LogP contribution in [-0.2, 0) is 4.79 Å². The van der Waals surface area contributed by atoms with Gasteiger partial charge in [-0.15, -0.1) is 0 Å². The molecule has 0 aromatic heterocycles. The Hall–Kier alpha value is -1.43. The summed E-state index contributed by atoms with van der Waals surface area (Å²) in [7, 11) is 0. The number of nitro groups is 1. The number of carbonyl (C=O) groups is 1. The molecule has 2 atom stereocenters. The summed E-state index contributed by atoms with van der Waals surface area (Å²) in [4.78, 5) is 22.3. The number of hydrogen-bond acceptors (Lipinski definition) is 3. The van der Waals surface area contributed by atoms with Gasteiger partial charge in [-0.1, -0.05) is 0 Å². The van der Waals surface area contributed by atoms with E-state index in [1.807, 2.05) is 0 Å². The number of carbonyl (C=O) groups excluding carboxylic acids is 1. The first kappa shape index (κ1) is 12.6. The lowest BCUT2D eigenvalue weighted by Crippen LogP contribution is -2.21. The van der Waals surface area contributed by atoms with Crippen LogP contribution in [0.4, 0.5) is 11.4 Å². The molecule has 2 aliphatic rings. The topological polar surface area (TPSA) is 72.2 Å². The summed E-state index contributed by atoms with van der Waals surface area (Å²) in [5.74, 6) is 1.67. The SMILES string of the molecule is O=C(Nc1ccc([N+](=O)[O-])c(Br)c1)C1CC2CC2C1. The molecule has 19 heavy (non-hydrogen) atoms. The number of anilines is 1. The fraction of sp³-hybridized carbons (Fsp3) is 0.462. The van der Waals surface area contributed by atoms with E-state index in [0.717, 1.165) is 24.7 Å². The van der Waals surface area contributed by atoms with Crippen molar-refractivity contribution in [2.45, 2.75) is 19.3 Å². The van der Waals surface area contributed by atoms with Crippen LogP contribution in [0, 0.1) is 27.9 Å². The van der Waals surface area contributed by atoms with Gasteiger partial charge >= 0.3 is 0 Å². The highest BCUT2D eigenvalue weighted by Gasteiger charge is 2.47. The number of nitrogens with one attached hydrogen (secondary N) is 1. The maximum atomic E-state index is 12.1. The summed E-state index contributed by atoms with van der Waals surface area (Å²) in [6, 6.07) is 4.54. The molecule has 5 nitrogen and oxygen atoms in total. The first-order valence-electron chi connectivity index (χ1n) is 6.29. The maximum Gasteiger partial charge on any atom is 0.283 e. The number of nitro benzene ring substituents is 1. The average Bonchev–Trinajstić information content (AvgIpc) is 2.95. The normalized spacial score (nSPS) is 27.7. The summed E-state index contributed by atoms with van der Waals surface area (Å²) < 4.78 is 0.379. The van der Waals surface area contributed by atoms with E-state index in [9.17, 15) is 14.9 Å². The minimum absolute atomic E-state index is 0.000102. The third kappa shape index (κ3) is 2.49. The van der Waals surface area contributed by atoms with Gasteiger partial charge in [-0.05, 0) is 59.2 Å². The van der Waals surface area contributed by atoms with Crippen LogP contribution < -0.4 is 5.32 Å². The van der Waals surface area contributed by atoms with Crippen LogP contribution in [0.15, 0.2) is 22.7 Å². The number of amides is 1. The number of nitrogens with zero attached hydrogens (tertiary/aromatic N) is 1. The quantitative estimate of drug-likeness (QED) is 0.684. The third-order valence-electron chi connectivity index (χ3n) is 4.03. The lowest BCUT2D eigenvalue weighted by molar-refractivity contribution is -0.385. The minimum Gasteiger partial charge on any atom is -0.326 e. The number of hydrogen-bond donors (Lipinski definition) is 1. The van der Waals surface area contributed by atoms with Crippen LogP contribution in [0.3, 0.4) is 0 Å². The fourth-order valence-electron chi connectivity index (χ4n) is 2.91. The molecular formula is C13H13BrN2O3. The second kappa shape index (κ2) is 4.59. The van der Waals surface area contributed by atoms with Crippen molar-refractivity contribution in [2.24, 2.45) is 17.8 Å². The second-order valence-corrected chi connectivity index (χ2v) is 6.19. The van der Waals surface area contributed by atoms with Crippen molar-refractivity contribution in [3.63, 3.8) is 0 Å². The van der Waals surface area contributed by atoms with Crippen molar-refractivity contribution < 1.29 is 9.72 Å². The Balaban J connectivity index is 1.67. The molecule has 2 fully saturated rings. The van der Waals surface area contributed by atoms with Gasteiger partial charge in [0, 0.05) is 17.7 Å². The van der Waals surface area contributed by atoms with E-state index in [1.54, 1.807) is 12.1 Å². The molecule has 2 unspecified atom stereocenters. The highest BCUT2D eigenvalue weighted by molar-refractivity contribution is 9.10. The van der Waals surface area contributed by atoms with Gasteiger partial charge in [0.2, 0.25) is 5.91 Å². The van der Waals surface area contributed by atoms with Crippen molar-refractivity contribution in [2.75, 3.05) is 5.32 Å². The van der Waals surface area contributed by atoms with Crippen LogP contribution in [0.5, 0.6) is 0 Å². The number of benzene rings is 1. The van der Waals surface area contributed by atoms with Crippen molar-refractivity contribution >= 4 is 33.2 Å². The smallest absolute Gasteiger partial charge is 0.283 e. The van der Waals surface area contributed by atoms with Crippen molar-refractivity contribution in [3.8, 4) is 0 Å². The summed E-state index contributed by atoms with van der Waals surface area (Å²) >= 11 is 3.14. The largest absolute Gasteiger partial charge is 0.326 e. The number of rotatable bonds is 3. The van der Waals surface area contributed by atoms with E-state index in [2.05, 4.69) is 21.2 Å². The van der Waals surface area contributed by atoms with Crippen LogP contribution in [0.2, 0.25) is 0 Å². The molecule has 0 bridgehead atoms. The van der Waals surface area contributed by atoms with Gasteiger partial charge < -0.3 is 5.32 Å². The Bertz CT molecular complexity index is 551. The molecule has 6 heteroatoms. The zero-order valence-electron chi connectivity index (χ0n) is 10.1. The van der Waals surface area contributed by atoms with E-state index in [1.165, 1.54) is 12.5 Å². The monoisotopic (exact) mass is 324 g/mol. The fourth-order valence-corrected chi connectivity index (χ4v) is 3.43. The van der Waals surface area contributed by atoms with Gasteiger partial charge in [0.05, 0.1) is 9.40 Å². The minimum atomic E-state index is -0.458. The standard InChI is InChI=1S/C13H13BrN2O3/c14-11-6-10(1-2-12(11)16(18)19)15-13(17)9-4-7-3-8(7)5-9/h1-2,6-9H,3-5H2,(H,15,17). The van der Waals surface area contributed by atoms with Crippen LogP contribution >= 0.6 is 15.9 Å². The molecule has 100 valence electrons. The van der Waals surface area contributed by atoms with Gasteiger partial charge in [0.1, 0.15) is 0 Å². The molecule has 0 aliphatic heterocycles. The summed E-state index contributed by atoms with van der Waals surface area (Å²) in [5, 5.41) is 13.5. The third-order valence-corrected chi connectivity index (χ3v) is 4.66. The second-order valence-electron chi connectivity index (χ2n) is 5.34. The summed E-state index contributed by atoms with van der Waals surface area (Å²) in [6.45, 7) is 0. The average molecular weight is 325 g/mol. The van der Waals surface area contributed by atoms with Crippen LogP contribution in [-0.4, -0.2) is 10.8 Å². The maximum absolute atomic E-state index is 12.1. The van der Waals surface area contributed by atoms with Crippen LogP contribution in [0.25, 0.3) is 0 Å². The van der Waals surface area contributed by atoms with E-state index >= 15 is 0 Å². The molecule has 1 aromatic carbocycles. The van der Waals surface area contributed by atoms with Crippen molar-refractivity contribution in [1.82, 2.24) is 0 Å². The Morgan fingerprint density at radius 2 is 2.00 bits per heavy atom. The van der Waals surface area contributed by atoms with E-state index in [4.69, 9.17) is 0 Å². The lowest BCUT2D eigenvalue weighted by Gasteiger charge is -2.12. The summed E-state index contributed by atoms with van der Waals surface area (Å²) in [6.07, 6.45) is 3.27. The molecule has 0 saturated heterocycles. The predicted molar refractivity (Wildman–Crippen MR) is 73.7 cm³/mol. The Kier molecular flexibility index (Phi) is 3.05. The molecule has 0 radical (unpaired) electrons. The summed E-state index contributed by atoms with van der Waals surface area (Å²) in [5.41, 5.74) is 0.600. The molecule has 2 aliphatic carbocycles. The lowest BCUT2D eigenvalue weighted by atomic mass is 10.0. The van der Waals surface area contributed by atoms with Crippen LogP contribution in [0.1, 0.15) is 19.3 Å². The van der Waals surface area contributed by atoms with Gasteiger partial charge in [-0.2, -0.15) is 0 Å². The molecule has 1 N–H and O–H groups in total. The molecule has 0 spiro atoms. The molecule has 0 heterocycles. The van der Waals surface area contributed by atoms with Gasteiger partial charge in [0.25, 0.3) is 5.69 Å². The van der Waals surface area contributed by atoms with E-state index < -0.39 is 4.92 Å². The Morgan fingerprint density at radius 3 is 2.58 bits per heavy atom. The molecular weight excluding hydrogens is 312 g/mol. The van der Waals surface area contributed by atoms with Gasteiger partial charge in [0.15, 0.2) is 0 Å². The van der Waals surface area contributed by atoms with E-state index in [0.29, 0.717) is 10.2 Å². The molecule has 3 rings (SSSR count). The van der Waals surface area contributed by atoms with Gasteiger partial charge in [-0.25, -0.2) is 0 Å². The number of halogens is 1. The Morgan fingerprint density at radius 1 is 1.32 bits per heavy atom. The zero-order chi connectivity index (χ0) is 13.6. The zero-order valence-corrected chi connectivity index (χ0v) is 11.7. The molecule has 1 amide bonds. The van der Waals surface area contributed by atoms with Gasteiger partial charge in [-0.3, -0.25) is 14.9 Å². The first-order chi connectivity index (χ1) is 9.04. The molecule has 2 saturated carbocycles. The highest BCUT2D eigenvalue weighted by Crippen LogP contribution is 2.54. The van der Waals surface area contributed by atoms with Crippen molar-refractivity contribution in [1.29, 1.82) is 0 Å². The Labute approximate surface area is 118 Å². The first-order valence-corrected chi connectivity index (χ1v) is 7.08. The molecule has 1 aromatic rings. The predicted octanol–water partition coefficient (Wildman–Crippen LogP) is 3.34. The number of fused-ring (bicyclic) bond motifs is 1. The van der Waals surface area contributed by atoms with E-state index in [-0.39, 0.29) is 17.5 Å². The van der Waals surface area contributed by atoms with Crippen molar-refractivity contribution in [3.05, 3.63) is 32.8 Å².